The summed E-state index contributed by atoms with van der Waals surface area (Å²) in [7, 11) is 3.77. The summed E-state index contributed by atoms with van der Waals surface area (Å²) in [5.74, 6) is 0.426. The standard InChI is InChI=1S/C20H25FN4O/c1-4-18(26)25-11-6-5-10-17(25)19-16(13-22-20(23-19)24(2)3)14-8-7-9-15(21)12-14/h7-9,12-13,17H,4-6,10-11H2,1-3H3. The van der Waals surface area contributed by atoms with Gasteiger partial charge in [-0.05, 0) is 37.0 Å². The molecule has 1 aliphatic heterocycles. The van der Waals surface area contributed by atoms with Crippen LogP contribution in [-0.4, -0.2) is 41.4 Å². The molecule has 6 heteroatoms. The Morgan fingerprint density at radius 3 is 2.85 bits per heavy atom. The van der Waals surface area contributed by atoms with E-state index in [1.807, 2.05) is 36.9 Å². The van der Waals surface area contributed by atoms with Gasteiger partial charge in [-0.15, -0.1) is 0 Å². The van der Waals surface area contributed by atoms with Crippen molar-refractivity contribution in [3.63, 3.8) is 0 Å². The predicted molar refractivity (Wildman–Crippen MR) is 100 cm³/mol. The van der Waals surface area contributed by atoms with E-state index in [2.05, 4.69) is 4.98 Å². The van der Waals surface area contributed by atoms with E-state index in [1.165, 1.54) is 12.1 Å². The molecule has 1 amide bonds. The minimum absolute atomic E-state index is 0.101. The van der Waals surface area contributed by atoms with Crippen molar-refractivity contribution in [1.29, 1.82) is 0 Å². The number of likely N-dealkylation sites (tertiary alicyclic amines) is 1. The number of carbonyl (C=O) groups is 1. The highest BCUT2D eigenvalue weighted by molar-refractivity contribution is 5.77. The van der Waals surface area contributed by atoms with Crippen LogP contribution in [0.1, 0.15) is 44.3 Å². The summed E-state index contributed by atoms with van der Waals surface area (Å²) in [6, 6.07) is 6.36. The molecule has 0 spiro atoms. The second-order valence-corrected chi connectivity index (χ2v) is 6.83. The molecule has 1 atom stereocenters. The van der Waals surface area contributed by atoms with Gasteiger partial charge in [-0.1, -0.05) is 19.1 Å². The van der Waals surface area contributed by atoms with Crippen LogP contribution in [0.3, 0.4) is 0 Å². The van der Waals surface area contributed by atoms with Crippen LogP contribution >= 0.6 is 0 Å². The van der Waals surface area contributed by atoms with E-state index in [9.17, 15) is 9.18 Å². The Morgan fingerprint density at radius 1 is 1.35 bits per heavy atom. The number of hydrogen-bond donors (Lipinski definition) is 0. The Morgan fingerprint density at radius 2 is 2.15 bits per heavy atom. The zero-order valence-corrected chi connectivity index (χ0v) is 15.6. The van der Waals surface area contributed by atoms with E-state index in [0.29, 0.717) is 12.4 Å². The maximum Gasteiger partial charge on any atom is 0.225 e. The van der Waals surface area contributed by atoms with Crippen molar-refractivity contribution in [1.82, 2.24) is 14.9 Å². The van der Waals surface area contributed by atoms with Gasteiger partial charge in [-0.3, -0.25) is 4.79 Å². The molecule has 0 saturated carbocycles. The lowest BCUT2D eigenvalue weighted by Gasteiger charge is -2.36. The normalized spacial score (nSPS) is 17.2. The summed E-state index contributed by atoms with van der Waals surface area (Å²) in [5, 5.41) is 0. The third kappa shape index (κ3) is 3.69. The highest BCUT2D eigenvalue weighted by Crippen LogP contribution is 2.36. The van der Waals surface area contributed by atoms with E-state index >= 15 is 0 Å². The second-order valence-electron chi connectivity index (χ2n) is 6.83. The summed E-state index contributed by atoms with van der Waals surface area (Å²) in [4.78, 5) is 25.4. The van der Waals surface area contributed by atoms with Gasteiger partial charge in [0.15, 0.2) is 0 Å². The number of benzene rings is 1. The van der Waals surface area contributed by atoms with Crippen LogP contribution in [0.2, 0.25) is 0 Å². The summed E-state index contributed by atoms with van der Waals surface area (Å²) in [6.07, 6.45) is 5.12. The molecule has 1 aliphatic rings. The monoisotopic (exact) mass is 356 g/mol. The molecule has 1 aromatic carbocycles. The lowest BCUT2D eigenvalue weighted by Crippen LogP contribution is -2.39. The van der Waals surface area contributed by atoms with Gasteiger partial charge in [0.1, 0.15) is 5.82 Å². The van der Waals surface area contributed by atoms with Gasteiger partial charge in [0.05, 0.1) is 11.7 Å². The molecule has 1 saturated heterocycles. The zero-order valence-electron chi connectivity index (χ0n) is 15.6. The predicted octanol–water partition coefficient (Wildman–Crippen LogP) is 3.81. The molecule has 0 aliphatic carbocycles. The third-order valence-corrected chi connectivity index (χ3v) is 4.78. The van der Waals surface area contributed by atoms with Crippen LogP contribution in [0, 0.1) is 5.82 Å². The van der Waals surface area contributed by atoms with E-state index in [-0.39, 0.29) is 17.8 Å². The van der Waals surface area contributed by atoms with Crippen molar-refractivity contribution in [2.75, 3.05) is 25.5 Å². The van der Waals surface area contributed by atoms with Gasteiger partial charge in [-0.2, -0.15) is 0 Å². The molecule has 138 valence electrons. The fourth-order valence-electron chi connectivity index (χ4n) is 3.45. The molecule has 1 aromatic heterocycles. The minimum atomic E-state index is -0.296. The Kier molecular flexibility index (Phi) is 5.49. The number of aromatic nitrogens is 2. The lowest BCUT2D eigenvalue weighted by atomic mass is 9.93. The van der Waals surface area contributed by atoms with Crippen molar-refractivity contribution >= 4 is 11.9 Å². The van der Waals surface area contributed by atoms with Gasteiger partial charge >= 0.3 is 0 Å². The van der Waals surface area contributed by atoms with Gasteiger partial charge in [0.25, 0.3) is 0 Å². The van der Waals surface area contributed by atoms with E-state index < -0.39 is 0 Å². The number of carbonyl (C=O) groups excluding carboxylic acids is 1. The summed E-state index contributed by atoms with van der Waals surface area (Å²) in [6.45, 7) is 2.62. The smallest absolute Gasteiger partial charge is 0.225 e. The number of anilines is 1. The highest BCUT2D eigenvalue weighted by atomic mass is 19.1. The average Bonchev–Trinajstić information content (AvgIpc) is 2.66. The van der Waals surface area contributed by atoms with Crippen LogP contribution in [-0.2, 0) is 4.79 Å². The molecule has 26 heavy (non-hydrogen) atoms. The molecular weight excluding hydrogens is 331 g/mol. The van der Waals surface area contributed by atoms with Crippen molar-refractivity contribution in [2.24, 2.45) is 0 Å². The first-order valence-electron chi connectivity index (χ1n) is 9.11. The van der Waals surface area contributed by atoms with E-state index in [1.54, 1.807) is 12.3 Å². The van der Waals surface area contributed by atoms with Crippen LogP contribution in [0.4, 0.5) is 10.3 Å². The zero-order chi connectivity index (χ0) is 18.7. The number of halogens is 1. The van der Waals surface area contributed by atoms with Crippen molar-refractivity contribution in [3.05, 3.63) is 42.0 Å². The topological polar surface area (TPSA) is 49.3 Å². The average molecular weight is 356 g/mol. The summed E-state index contributed by atoms with van der Waals surface area (Å²) >= 11 is 0. The third-order valence-electron chi connectivity index (χ3n) is 4.78. The molecule has 2 aromatic rings. The van der Waals surface area contributed by atoms with Crippen molar-refractivity contribution in [3.8, 4) is 11.1 Å². The maximum atomic E-state index is 13.8. The molecular formula is C20H25FN4O. The minimum Gasteiger partial charge on any atom is -0.347 e. The van der Waals surface area contributed by atoms with Crippen LogP contribution < -0.4 is 4.90 Å². The molecule has 2 heterocycles. The summed E-state index contributed by atoms with van der Waals surface area (Å²) in [5.41, 5.74) is 2.33. The molecule has 3 rings (SSSR count). The van der Waals surface area contributed by atoms with Crippen LogP contribution in [0.25, 0.3) is 11.1 Å². The number of hydrogen-bond acceptors (Lipinski definition) is 4. The van der Waals surface area contributed by atoms with Crippen LogP contribution in [0.15, 0.2) is 30.5 Å². The SMILES string of the molecule is CCC(=O)N1CCCCC1c1nc(N(C)C)ncc1-c1cccc(F)c1. The Labute approximate surface area is 153 Å². The van der Waals surface area contributed by atoms with Crippen LogP contribution in [0.5, 0.6) is 0 Å². The van der Waals surface area contributed by atoms with E-state index in [4.69, 9.17) is 4.98 Å². The number of piperidine rings is 1. The first-order chi connectivity index (χ1) is 12.5. The van der Waals surface area contributed by atoms with Gasteiger partial charge in [0.2, 0.25) is 11.9 Å². The highest BCUT2D eigenvalue weighted by Gasteiger charge is 2.30. The first-order valence-corrected chi connectivity index (χ1v) is 9.11. The second kappa shape index (κ2) is 7.81. The number of nitrogens with zero attached hydrogens (tertiary/aromatic N) is 4. The van der Waals surface area contributed by atoms with E-state index in [0.717, 1.165) is 42.6 Å². The lowest BCUT2D eigenvalue weighted by molar-refractivity contribution is -0.134. The van der Waals surface area contributed by atoms with Gasteiger partial charge < -0.3 is 9.80 Å². The number of amides is 1. The Hall–Kier alpha value is -2.50. The fourth-order valence-corrected chi connectivity index (χ4v) is 3.45. The molecule has 0 radical (unpaired) electrons. The Balaban J connectivity index is 2.13. The van der Waals surface area contributed by atoms with Crippen molar-refractivity contribution in [2.45, 2.75) is 38.6 Å². The van der Waals surface area contributed by atoms with Crippen molar-refractivity contribution < 1.29 is 9.18 Å². The number of rotatable bonds is 4. The maximum absolute atomic E-state index is 13.8. The van der Waals surface area contributed by atoms with Gasteiger partial charge in [-0.25, -0.2) is 14.4 Å². The molecule has 5 nitrogen and oxygen atoms in total. The summed E-state index contributed by atoms with van der Waals surface area (Å²) < 4.78 is 13.8. The quantitative estimate of drug-likeness (QED) is 0.836. The molecule has 1 fully saturated rings. The molecule has 0 N–H and O–H groups in total. The fraction of sp³-hybridized carbons (Fsp3) is 0.450. The molecule has 0 bridgehead atoms. The largest absolute Gasteiger partial charge is 0.347 e. The first kappa shape index (κ1) is 18.3. The molecule has 1 unspecified atom stereocenters. The van der Waals surface area contributed by atoms with Gasteiger partial charge in [0, 0.05) is 38.8 Å². The Bertz CT molecular complexity index is 793.